The molecule has 4 nitrogen and oxygen atoms in total. The molecule has 3 aromatic rings. The van der Waals surface area contributed by atoms with Crippen molar-refractivity contribution in [1.29, 1.82) is 0 Å². The Labute approximate surface area is 182 Å². The molecule has 0 aliphatic carbocycles. The second-order valence-corrected chi connectivity index (χ2v) is 7.89. The van der Waals surface area contributed by atoms with Gasteiger partial charge in [-0.25, -0.2) is 9.38 Å². The number of benzene rings is 3. The normalized spacial score (nSPS) is 16.1. The molecule has 3 aromatic carbocycles. The van der Waals surface area contributed by atoms with Crippen LogP contribution >= 0.6 is 23.4 Å². The lowest BCUT2D eigenvalue weighted by molar-refractivity contribution is -0.115. The zero-order chi connectivity index (χ0) is 20.9. The molecule has 0 spiro atoms. The number of hydrogen-bond acceptors (Lipinski definition) is 4. The van der Waals surface area contributed by atoms with Crippen LogP contribution in [0.2, 0.25) is 5.02 Å². The summed E-state index contributed by atoms with van der Waals surface area (Å²) in [5, 5.41) is 3.78. The fourth-order valence-electron chi connectivity index (χ4n) is 2.79. The third kappa shape index (κ3) is 5.09. The van der Waals surface area contributed by atoms with Crippen LogP contribution in [0, 0.1) is 5.82 Å². The molecule has 0 bridgehead atoms. The first-order valence-electron chi connectivity index (χ1n) is 9.08. The van der Waals surface area contributed by atoms with Crippen LogP contribution in [0.5, 0.6) is 5.75 Å². The minimum Gasteiger partial charge on any atom is -0.488 e. The molecule has 0 radical (unpaired) electrons. The first kappa shape index (κ1) is 20.2. The summed E-state index contributed by atoms with van der Waals surface area (Å²) in [5.74, 6) is -0.0254. The molecular weight excluding hydrogens is 423 g/mol. The number of amidine groups is 1. The summed E-state index contributed by atoms with van der Waals surface area (Å²) >= 11 is 7.39. The number of halogens is 2. The van der Waals surface area contributed by atoms with Crippen molar-refractivity contribution in [3.63, 3.8) is 0 Å². The van der Waals surface area contributed by atoms with E-state index in [0.717, 1.165) is 5.69 Å². The van der Waals surface area contributed by atoms with Gasteiger partial charge in [-0.3, -0.25) is 4.79 Å². The zero-order valence-corrected chi connectivity index (χ0v) is 17.2. The van der Waals surface area contributed by atoms with Gasteiger partial charge in [-0.05, 0) is 65.9 Å². The van der Waals surface area contributed by atoms with Crippen LogP contribution < -0.4 is 10.1 Å². The topological polar surface area (TPSA) is 50.7 Å². The van der Waals surface area contributed by atoms with Gasteiger partial charge in [0.2, 0.25) is 0 Å². The van der Waals surface area contributed by atoms with E-state index < -0.39 is 0 Å². The molecule has 1 heterocycles. The molecule has 0 saturated carbocycles. The monoisotopic (exact) mass is 438 g/mol. The number of hydrogen-bond donors (Lipinski definition) is 1. The first-order valence-corrected chi connectivity index (χ1v) is 10.3. The van der Waals surface area contributed by atoms with E-state index in [1.165, 1.54) is 23.9 Å². The van der Waals surface area contributed by atoms with Crippen molar-refractivity contribution in [2.24, 2.45) is 4.99 Å². The molecule has 0 atom stereocenters. The maximum atomic E-state index is 13.4. The molecule has 1 aliphatic rings. The molecule has 0 aromatic heterocycles. The number of amides is 1. The van der Waals surface area contributed by atoms with Crippen molar-refractivity contribution in [2.75, 3.05) is 0 Å². The van der Waals surface area contributed by atoms with Gasteiger partial charge in [-0.15, -0.1) is 0 Å². The minimum atomic E-state index is -0.321. The van der Waals surface area contributed by atoms with Gasteiger partial charge in [0, 0.05) is 10.6 Å². The molecule has 4 rings (SSSR count). The quantitative estimate of drug-likeness (QED) is 0.501. The first-order chi connectivity index (χ1) is 14.6. The van der Waals surface area contributed by atoms with Crippen molar-refractivity contribution in [3.05, 3.63) is 99.7 Å². The fourth-order valence-corrected chi connectivity index (χ4v) is 3.81. The lowest BCUT2D eigenvalue weighted by Gasteiger charge is -2.10. The molecule has 1 N–H and O–H groups in total. The smallest absolute Gasteiger partial charge is 0.264 e. The van der Waals surface area contributed by atoms with Gasteiger partial charge in [-0.2, -0.15) is 0 Å². The molecule has 1 fully saturated rings. The Balaban J connectivity index is 1.56. The van der Waals surface area contributed by atoms with E-state index in [1.54, 1.807) is 36.4 Å². The van der Waals surface area contributed by atoms with E-state index in [1.807, 2.05) is 30.3 Å². The van der Waals surface area contributed by atoms with Crippen LogP contribution in [-0.4, -0.2) is 11.1 Å². The van der Waals surface area contributed by atoms with E-state index in [2.05, 4.69) is 10.3 Å². The summed E-state index contributed by atoms with van der Waals surface area (Å²) < 4.78 is 19.3. The third-order valence-electron chi connectivity index (χ3n) is 4.18. The van der Waals surface area contributed by atoms with Crippen LogP contribution in [0.4, 0.5) is 10.1 Å². The van der Waals surface area contributed by atoms with Gasteiger partial charge in [0.15, 0.2) is 5.17 Å². The lowest BCUT2D eigenvalue weighted by atomic mass is 10.1. The molecule has 150 valence electrons. The van der Waals surface area contributed by atoms with Crippen molar-refractivity contribution in [3.8, 4) is 5.75 Å². The SMILES string of the molecule is O=C1NC(=Nc2ccccc2)S/C1=C\c1cc(Cl)ccc1OCc1cccc(F)c1. The minimum absolute atomic E-state index is 0.190. The summed E-state index contributed by atoms with van der Waals surface area (Å²) in [4.78, 5) is 17.3. The fraction of sp³-hybridized carbons (Fsp3) is 0.0435. The maximum absolute atomic E-state index is 13.4. The van der Waals surface area contributed by atoms with Gasteiger partial charge in [-0.1, -0.05) is 41.9 Å². The average Bonchev–Trinajstić information content (AvgIpc) is 3.07. The van der Waals surface area contributed by atoms with Crippen LogP contribution in [0.1, 0.15) is 11.1 Å². The maximum Gasteiger partial charge on any atom is 0.264 e. The zero-order valence-electron chi connectivity index (χ0n) is 15.6. The predicted octanol–water partition coefficient (Wildman–Crippen LogP) is 5.95. The van der Waals surface area contributed by atoms with E-state index in [-0.39, 0.29) is 18.3 Å². The van der Waals surface area contributed by atoms with Crippen molar-refractivity contribution in [1.82, 2.24) is 5.32 Å². The van der Waals surface area contributed by atoms with E-state index in [9.17, 15) is 9.18 Å². The Morgan fingerprint density at radius 3 is 2.70 bits per heavy atom. The summed E-state index contributed by atoms with van der Waals surface area (Å²) in [6.07, 6.45) is 1.71. The van der Waals surface area contributed by atoms with Gasteiger partial charge in [0.05, 0.1) is 10.6 Å². The lowest BCUT2D eigenvalue weighted by Crippen LogP contribution is -2.19. The van der Waals surface area contributed by atoms with E-state index in [0.29, 0.717) is 32.0 Å². The van der Waals surface area contributed by atoms with Gasteiger partial charge in [0.1, 0.15) is 18.2 Å². The number of nitrogens with zero attached hydrogens (tertiary/aromatic N) is 1. The summed E-state index contributed by atoms with van der Waals surface area (Å²) in [6, 6.07) is 20.7. The summed E-state index contributed by atoms with van der Waals surface area (Å²) in [7, 11) is 0. The molecule has 1 aliphatic heterocycles. The number of para-hydroxylation sites is 1. The second kappa shape index (κ2) is 9.15. The van der Waals surface area contributed by atoms with E-state index >= 15 is 0 Å². The summed E-state index contributed by atoms with van der Waals surface area (Å²) in [5.41, 5.74) is 2.11. The van der Waals surface area contributed by atoms with Crippen molar-refractivity contribution in [2.45, 2.75) is 6.61 Å². The number of aliphatic imine (C=N–C) groups is 1. The van der Waals surface area contributed by atoms with Gasteiger partial charge in [0.25, 0.3) is 5.91 Å². The van der Waals surface area contributed by atoms with Crippen molar-refractivity contribution < 1.29 is 13.9 Å². The van der Waals surface area contributed by atoms with Crippen LogP contribution in [-0.2, 0) is 11.4 Å². The average molecular weight is 439 g/mol. The van der Waals surface area contributed by atoms with Crippen LogP contribution in [0.25, 0.3) is 6.08 Å². The highest BCUT2D eigenvalue weighted by molar-refractivity contribution is 8.18. The largest absolute Gasteiger partial charge is 0.488 e. The van der Waals surface area contributed by atoms with Gasteiger partial charge < -0.3 is 10.1 Å². The number of ether oxygens (including phenoxy) is 1. The van der Waals surface area contributed by atoms with Crippen LogP contribution in [0.3, 0.4) is 0 Å². The highest BCUT2D eigenvalue weighted by Crippen LogP contribution is 2.32. The van der Waals surface area contributed by atoms with Crippen LogP contribution in [0.15, 0.2) is 82.7 Å². The molecule has 0 unspecified atom stereocenters. The number of carbonyl (C=O) groups is 1. The summed E-state index contributed by atoms with van der Waals surface area (Å²) in [6.45, 7) is 0.190. The Bertz CT molecular complexity index is 1150. The van der Waals surface area contributed by atoms with E-state index in [4.69, 9.17) is 16.3 Å². The third-order valence-corrected chi connectivity index (χ3v) is 5.32. The standard InChI is InChI=1S/C23H16ClFN2O2S/c24-17-9-10-20(29-14-15-5-4-6-18(25)11-15)16(12-17)13-21-22(28)27-23(30-21)26-19-7-2-1-3-8-19/h1-13H,14H2,(H,26,27,28)/b21-13-. The number of rotatable bonds is 5. The Kier molecular flexibility index (Phi) is 6.16. The molecule has 7 heteroatoms. The molecular formula is C23H16ClFN2O2S. The Hall–Kier alpha value is -3.09. The Morgan fingerprint density at radius 2 is 1.90 bits per heavy atom. The number of thioether (sulfide) groups is 1. The van der Waals surface area contributed by atoms with Gasteiger partial charge >= 0.3 is 0 Å². The van der Waals surface area contributed by atoms with Crippen molar-refractivity contribution >= 4 is 46.2 Å². The molecule has 30 heavy (non-hydrogen) atoms. The second-order valence-electron chi connectivity index (χ2n) is 6.42. The number of carbonyl (C=O) groups excluding carboxylic acids is 1. The predicted molar refractivity (Wildman–Crippen MR) is 119 cm³/mol. The highest BCUT2D eigenvalue weighted by atomic mass is 35.5. The Morgan fingerprint density at radius 1 is 1.07 bits per heavy atom. The highest BCUT2D eigenvalue weighted by Gasteiger charge is 2.24. The number of nitrogens with one attached hydrogen (secondary N) is 1. The molecule has 1 saturated heterocycles. The molecule has 1 amide bonds.